The molecule has 0 heterocycles. The van der Waals surface area contributed by atoms with E-state index in [9.17, 15) is 9.59 Å². The third-order valence-corrected chi connectivity index (χ3v) is 2.08. The van der Waals surface area contributed by atoms with Crippen molar-refractivity contribution < 1.29 is 19.4 Å². The summed E-state index contributed by atoms with van der Waals surface area (Å²) in [5.41, 5.74) is 0.176. The van der Waals surface area contributed by atoms with E-state index in [0.717, 1.165) is 19.6 Å². The second-order valence-electron chi connectivity index (χ2n) is 3.48. The molecule has 104 valence electrons. The van der Waals surface area contributed by atoms with Crippen molar-refractivity contribution in [1.29, 1.82) is 0 Å². The highest BCUT2D eigenvalue weighted by molar-refractivity contribution is 5.84. The maximum atomic E-state index is 10.6. The van der Waals surface area contributed by atoms with Gasteiger partial charge in [0.05, 0.1) is 0 Å². The van der Waals surface area contributed by atoms with Gasteiger partial charge in [0.1, 0.15) is 6.61 Å². The van der Waals surface area contributed by atoms with Gasteiger partial charge in [-0.2, -0.15) is 0 Å². The molecule has 0 unspecified atom stereocenters. The average molecular weight is 257 g/mol. The van der Waals surface area contributed by atoms with Crippen LogP contribution >= 0.6 is 0 Å². The smallest absolute Gasteiger partial charge is 0.330 e. The normalized spacial score (nSPS) is 9.11. The third kappa shape index (κ3) is 12.4. The highest BCUT2D eigenvalue weighted by Crippen LogP contribution is 1.87. The molecular weight excluding hydrogens is 234 g/mol. The number of rotatable bonds is 7. The molecule has 0 saturated heterocycles. The predicted octanol–water partition coefficient (Wildman–Crippen LogP) is 1.70. The molecule has 0 atom stereocenters. The maximum absolute atomic E-state index is 10.6. The Balaban J connectivity index is 0. The lowest BCUT2D eigenvalue weighted by Gasteiger charge is -2.16. The molecule has 0 saturated carbocycles. The molecule has 5 nitrogen and oxygen atoms in total. The van der Waals surface area contributed by atoms with Crippen molar-refractivity contribution in [2.24, 2.45) is 0 Å². The van der Waals surface area contributed by atoms with Gasteiger partial charge in [0.25, 0.3) is 0 Å². The molecule has 0 aromatic heterocycles. The number of carboxylic acids is 1. The Bertz CT molecular complexity index is 271. The molecule has 0 aromatic rings. The molecule has 0 rings (SSSR count). The van der Waals surface area contributed by atoms with Gasteiger partial charge in [-0.25, -0.2) is 9.59 Å². The molecule has 0 spiro atoms. The molecule has 0 bridgehead atoms. The number of ether oxygens (including phenoxy) is 1. The number of hydrogen-bond acceptors (Lipinski definition) is 4. The standard InChI is InChI=1S/C9H17NO2.C4H6O2/c1-4-9(11)12-8-7-10(5-2)6-3;1-3(2)4(5)6/h4H,1,5-8H2,2-3H3;1H2,2H3,(H,5,6). The highest BCUT2D eigenvalue weighted by Gasteiger charge is 1.99. The Morgan fingerprint density at radius 1 is 1.33 bits per heavy atom. The van der Waals surface area contributed by atoms with E-state index < -0.39 is 5.97 Å². The van der Waals surface area contributed by atoms with Crippen LogP contribution in [0.1, 0.15) is 20.8 Å². The Morgan fingerprint density at radius 3 is 2.06 bits per heavy atom. The van der Waals surface area contributed by atoms with Crippen LogP contribution in [0, 0.1) is 0 Å². The Morgan fingerprint density at radius 2 is 1.78 bits per heavy atom. The summed E-state index contributed by atoms with van der Waals surface area (Å²) in [6, 6.07) is 0. The number of hydrogen-bond donors (Lipinski definition) is 1. The number of carbonyl (C=O) groups is 2. The lowest BCUT2D eigenvalue weighted by Crippen LogP contribution is -2.27. The second kappa shape index (κ2) is 11.9. The SMILES string of the molecule is C=C(C)C(=O)O.C=CC(=O)OCCN(CC)CC. The molecule has 0 aliphatic carbocycles. The zero-order valence-electron chi connectivity index (χ0n) is 11.4. The van der Waals surface area contributed by atoms with E-state index in [2.05, 4.69) is 31.9 Å². The van der Waals surface area contributed by atoms with Gasteiger partial charge in [0.15, 0.2) is 0 Å². The van der Waals surface area contributed by atoms with E-state index >= 15 is 0 Å². The van der Waals surface area contributed by atoms with Gasteiger partial charge >= 0.3 is 11.9 Å². The summed E-state index contributed by atoms with van der Waals surface area (Å²) in [7, 11) is 0. The van der Waals surface area contributed by atoms with Crippen molar-refractivity contribution in [3.05, 3.63) is 24.8 Å². The number of nitrogens with zero attached hydrogens (tertiary/aromatic N) is 1. The minimum Gasteiger partial charge on any atom is -0.478 e. The molecule has 0 aliphatic heterocycles. The zero-order valence-corrected chi connectivity index (χ0v) is 11.4. The van der Waals surface area contributed by atoms with Crippen LogP contribution in [0.15, 0.2) is 24.8 Å². The van der Waals surface area contributed by atoms with E-state index in [1.807, 2.05) is 0 Å². The second-order valence-corrected chi connectivity index (χ2v) is 3.48. The van der Waals surface area contributed by atoms with Gasteiger partial charge in [-0.15, -0.1) is 0 Å². The van der Waals surface area contributed by atoms with Gasteiger partial charge in [-0.1, -0.05) is 27.0 Å². The summed E-state index contributed by atoms with van der Waals surface area (Å²) in [5, 5.41) is 7.89. The van der Waals surface area contributed by atoms with E-state index in [4.69, 9.17) is 9.84 Å². The first kappa shape index (κ1) is 18.7. The Labute approximate surface area is 109 Å². The first-order valence-corrected chi connectivity index (χ1v) is 5.79. The highest BCUT2D eigenvalue weighted by atomic mass is 16.5. The van der Waals surface area contributed by atoms with Crippen LogP contribution in [0.3, 0.4) is 0 Å². The molecule has 0 fully saturated rings. The fraction of sp³-hybridized carbons (Fsp3) is 0.538. The fourth-order valence-corrected chi connectivity index (χ4v) is 0.874. The summed E-state index contributed by atoms with van der Waals surface area (Å²) in [6.07, 6.45) is 1.18. The monoisotopic (exact) mass is 257 g/mol. The van der Waals surface area contributed by atoms with E-state index in [0.29, 0.717) is 6.61 Å². The summed E-state index contributed by atoms with van der Waals surface area (Å²) >= 11 is 0. The minimum atomic E-state index is -0.935. The number of carbonyl (C=O) groups excluding carboxylic acids is 1. The fourth-order valence-electron chi connectivity index (χ4n) is 0.874. The molecule has 18 heavy (non-hydrogen) atoms. The summed E-state index contributed by atoms with van der Waals surface area (Å²) in [6.45, 7) is 15.3. The summed E-state index contributed by atoms with van der Waals surface area (Å²) < 4.78 is 4.83. The van der Waals surface area contributed by atoms with Crippen molar-refractivity contribution in [3.8, 4) is 0 Å². The first-order valence-electron chi connectivity index (χ1n) is 5.79. The lowest BCUT2D eigenvalue weighted by molar-refractivity contribution is -0.138. The molecule has 1 N–H and O–H groups in total. The number of esters is 1. The summed E-state index contributed by atoms with van der Waals surface area (Å²) in [5.74, 6) is -1.28. The van der Waals surface area contributed by atoms with Crippen molar-refractivity contribution in [2.45, 2.75) is 20.8 Å². The minimum absolute atomic E-state index is 0.176. The molecule has 0 amide bonds. The lowest BCUT2D eigenvalue weighted by atomic mass is 10.4. The van der Waals surface area contributed by atoms with Crippen LogP contribution in [0.25, 0.3) is 0 Å². The topological polar surface area (TPSA) is 66.8 Å². The van der Waals surface area contributed by atoms with Gasteiger partial charge in [-0.3, -0.25) is 0 Å². The maximum Gasteiger partial charge on any atom is 0.330 e. The van der Waals surface area contributed by atoms with Crippen LogP contribution in [0.5, 0.6) is 0 Å². The van der Waals surface area contributed by atoms with Crippen molar-refractivity contribution >= 4 is 11.9 Å². The van der Waals surface area contributed by atoms with Crippen LogP contribution in [-0.4, -0.2) is 48.2 Å². The quantitative estimate of drug-likeness (QED) is 0.555. The summed E-state index contributed by atoms with van der Waals surface area (Å²) in [4.78, 5) is 22.4. The van der Waals surface area contributed by atoms with Gasteiger partial charge < -0.3 is 14.7 Å². The first-order chi connectivity index (χ1) is 8.38. The Hall–Kier alpha value is -1.62. The van der Waals surface area contributed by atoms with Crippen LogP contribution in [0.2, 0.25) is 0 Å². The average Bonchev–Trinajstić information content (AvgIpc) is 2.35. The predicted molar refractivity (Wildman–Crippen MR) is 71.4 cm³/mol. The molecular formula is C13H23NO4. The number of aliphatic carboxylic acids is 1. The van der Waals surface area contributed by atoms with Gasteiger partial charge in [0, 0.05) is 18.2 Å². The van der Waals surface area contributed by atoms with Crippen molar-refractivity contribution in [1.82, 2.24) is 4.90 Å². The van der Waals surface area contributed by atoms with Crippen LogP contribution in [-0.2, 0) is 14.3 Å². The number of likely N-dealkylation sites (N-methyl/N-ethyl adjacent to an activating group) is 1. The molecule has 0 aliphatic rings. The van der Waals surface area contributed by atoms with E-state index in [1.165, 1.54) is 13.0 Å². The van der Waals surface area contributed by atoms with Gasteiger partial charge in [-0.05, 0) is 20.0 Å². The largest absolute Gasteiger partial charge is 0.478 e. The Kier molecular flexibility index (Phi) is 12.3. The molecule has 5 heteroatoms. The van der Waals surface area contributed by atoms with Crippen molar-refractivity contribution in [3.63, 3.8) is 0 Å². The van der Waals surface area contributed by atoms with Crippen LogP contribution < -0.4 is 0 Å². The zero-order chi connectivity index (χ0) is 14.6. The van der Waals surface area contributed by atoms with E-state index in [-0.39, 0.29) is 11.5 Å². The van der Waals surface area contributed by atoms with Crippen LogP contribution in [0.4, 0.5) is 0 Å². The molecule has 0 radical (unpaired) electrons. The third-order valence-electron chi connectivity index (χ3n) is 2.08. The molecule has 0 aromatic carbocycles. The number of carboxylic acid groups (broad SMARTS) is 1. The van der Waals surface area contributed by atoms with Crippen molar-refractivity contribution in [2.75, 3.05) is 26.2 Å². The van der Waals surface area contributed by atoms with Gasteiger partial charge in [0.2, 0.25) is 0 Å². The van der Waals surface area contributed by atoms with E-state index in [1.54, 1.807) is 0 Å².